The summed E-state index contributed by atoms with van der Waals surface area (Å²) in [4.78, 5) is 0. The molecule has 0 saturated heterocycles. The first-order chi connectivity index (χ1) is 27.2. The summed E-state index contributed by atoms with van der Waals surface area (Å²) in [5, 5.41) is 27.1. The van der Waals surface area contributed by atoms with E-state index >= 15 is 0 Å². The Labute approximate surface area is 316 Å². The zero-order chi connectivity index (χ0) is 36.6. The van der Waals surface area contributed by atoms with E-state index in [0.29, 0.717) is 11.1 Å². The largest absolute Gasteiger partial charge is 0.309 e. The van der Waals surface area contributed by atoms with Crippen LogP contribution in [0.15, 0.2) is 176 Å². The van der Waals surface area contributed by atoms with E-state index in [2.05, 4.69) is 171 Å². The molecule has 0 bridgehead atoms. The molecule has 0 fully saturated rings. The molecular weight excluding hydrogens is 671 g/mol. The Morgan fingerprint density at radius 2 is 0.855 bits per heavy atom. The molecule has 3 heterocycles. The second-order valence-electron chi connectivity index (χ2n) is 14.0. The summed E-state index contributed by atoms with van der Waals surface area (Å²) >= 11 is 0. The molecule has 0 unspecified atom stereocenters. The van der Waals surface area contributed by atoms with Crippen molar-refractivity contribution in [1.82, 2.24) is 13.7 Å². The van der Waals surface area contributed by atoms with Gasteiger partial charge in [0.2, 0.25) is 0 Å². The molecule has 0 aliphatic rings. The summed E-state index contributed by atoms with van der Waals surface area (Å²) < 4.78 is 6.99. The zero-order valence-electron chi connectivity index (χ0n) is 29.5. The molecule has 5 nitrogen and oxygen atoms in total. The molecule has 11 aromatic rings. The summed E-state index contributed by atoms with van der Waals surface area (Å²) in [6.07, 6.45) is 0. The van der Waals surface area contributed by atoms with Gasteiger partial charge < -0.3 is 13.7 Å². The van der Waals surface area contributed by atoms with Crippen LogP contribution in [0.25, 0.3) is 93.6 Å². The van der Waals surface area contributed by atoms with Gasteiger partial charge in [-0.05, 0) is 72.3 Å². The molecule has 0 aliphatic heterocycles. The van der Waals surface area contributed by atoms with Crippen molar-refractivity contribution in [1.29, 1.82) is 10.5 Å². The number of hydrogen-bond acceptors (Lipinski definition) is 2. The van der Waals surface area contributed by atoms with Crippen molar-refractivity contribution in [2.45, 2.75) is 0 Å². The van der Waals surface area contributed by atoms with Gasteiger partial charge in [-0.3, -0.25) is 0 Å². The van der Waals surface area contributed by atoms with E-state index in [1.165, 1.54) is 10.8 Å². The standard InChI is InChI=1S/C50H29N5/c51-30-32-23-25-36(34-11-9-12-35(29-34)53-43-18-5-1-15-39(43)41-26-24-33(31-52)28-49(41)53)48(27-32)55-46-21-8-4-16-40(46)42-17-10-22-47(50(42)55)54-44-19-6-2-13-37(44)38-14-3-7-20-45(38)54/h1-29H. The van der Waals surface area contributed by atoms with E-state index in [4.69, 9.17) is 0 Å². The molecular formula is C50H29N5. The number of fused-ring (bicyclic) bond motifs is 9. The molecule has 0 N–H and O–H groups in total. The lowest BCUT2D eigenvalue weighted by atomic mass is 10.0. The lowest BCUT2D eigenvalue weighted by Crippen LogP contribution is -2.03. The van der Waals surface area contributed by atoms with Crippen LogP contribution in [0.4, 0.5) is 0 Å². The lowest BCUT2D eigenvalue weighted by Gasteiger charge is -2.18. The topological polar surface area (TPSA) is 62.4 Å². The molecule has 3 aromatic heterocycles. The third-order valence-corrected chi connectivity index (χ3v) is 11.1. The normalized spacial score (nSPS) is 11.6. The number of rotatable bonds is 4. The maximum atomic E-state index is 10.3. The summed E-state index contributed by atoms with van der Waals surface area (Å²) in [6, 6.07) is 66.0. The van der Waals surface area contributed by atoms with Crippen molar-refractivity contribution in [2.75, 3.05) is 0 Å². The van der Waals surface area contributed by atoms with Crippen LogP contribution in [0.2, 0.25) is 0 Å². The Morgan fingerprint density at radius 1 is 0.345 bits per heavy atom. The highest BCUT2D eigenvalue weighted by molar-refractivity contribution is 6.15. The first-order valence-electron chi connectivity index (χ1n) is 18.3. The molecule has 0 radical (unpaired) electrons. The van der Waals surface area contributed by atoms with E-state index in [1.54, 1.807) is 0 Å². The highest BCUT2D eigenvalue weighted by atomic mass is 15.1. The number of benzene rings is 8. The summed E-state index contributed by atoms with van der Waals surface area (Å²) in [7, 11) is 0. The van der Waals surface area contributed by atoms with E-state index in [9.17, 15) is 10.5 Å². The quantitative estimate of drug-likeness (QED) is 0.184. The Kier molecular flexibility index (Phi) is 6.61. The van der Waals surface area contributed by atoms with Crippen molar-refractivity contribution >= 4 is 65.4 Å². The fourth-order valence-corrected chi connectivity index (χ4v) is 8.77. The monoisotopic (exact) mass is 699 g/mol. The first-order valence-corrected chi connectivity index (χ1v) is 18.3. The van der Waals surface area contributed by atoms with Gasteiger partial charge in [0.05, 0.1) is 67.7 Å². The second-order valence-corrected chi connectivity index (χ2v) is 14.0. The van der Waals surface area contributed by atoms with Gasteiger partial charge in [0.25, 0.3) is 0 Å². The van der Waals surface area contributed by atoms with Gasteiger partial charge in [-0.15, -0.1) is 0 Å². The van der Waals surface area contributed by atoms with Crippen molar-refractivity contribution in [3.63, 3.8) is 0 Å². The van der Waals surface area contributed by atoms with Crippen molar-refractivity contribution in [3.05, 3.63) is 187 Å². The van der Waals surface area contributed by atoms with Gasteiger partial charge >= 0.3 is 0 Å². The highest BCUT2D eigenvalue weighted by Crippen LogP contribution is 2.42. The Hall–Kier alpha value is -7.86. The highest BCUT2D eigenvalue weighted by Gasteiger charge is 2.22. The van der Waals surface area contributed by atoms with Gasteiger partial charge in [-0.25, -0.2) is 0 Å². The molecule has 0 aliphatic carbocycles. The Bertz CT molecular complexity index is 3420. The summed E-state index contributed by atoms with van der Waals surface area (Å²) in [5.74, 6) is 0. The van der Waals surface area contributed by atoms with Crippen LogP contribution in [-0.2, 0) is 0 Å². The van der Waals surface area contributed by atoms with Crippen LogP contribution < -0.4 is 0 Å². The number of para-hydroxylation sites is 5. The predicted octanol–water partition coefficient (Wildman–Crippen LogP) is 12.4. The van der Waals surface area contributed by atoms with E-state index < -0.39 is 0 Å². The van der Waals surface area contributed by atoms with Crippen LogP contribution in [0, 0.1) is 22.7 Å². The minimum Gasteiger partial charge on any atom is -0.309 e. The maximum absolute atomic E-state index is 10.3. The summed E-state index contributed by atoms with van der Waals surface area (Å²) in [6.45, 7) is 0. The zero-order valence-corrected chi connectivity index (χ0v) is 29.5. The third kappa shape index (κ3) is 4.45. The maximum Gasteiger partial charge on any atom is 0.0992 e. The molecule has 5 heteroatoms. The number of aromatic nitrogens is 3. The van der Waals surface area contributed by atoms with Crippen LogP contribution in [-0.4, -0.2) is 13.7 Å². The second kappa shape index (κ2) is 11.8. The molecule has 11 rings (SSSR count). The molecule has 0 saturated carbocycles. The van der Waals surface area contributed by atoms with Crippen molar-refractivity contribution in [3.8, 4) is 40.3 Å². The molecule has 55 heavy (non-hydrogen) atoms. The molecule has 0 spiro atoms. The summed E-state index contributed by atoms with van der Waals surface area (Å²) in [5.41, 5.74) is 12.6. The average Bonchev–Trinajstić information content (AvgIpc) is 3.89. The number of nitrogens with zero attached hydrogens (tertiary/aromatic N) is 5. The fourth-order valence-electron chi connectivity index (χ4n) is 8.77. The van der Waals surface area contributed by atoms with Gasteiger partial charge in [0.15, 0.2) is 0 Å². The van der Waals surface area contributed by atoms with E-state index in [-0.39, 0.29) is 0 Å². The van der Waals surface area contributed by atoms with Crippen molar-refractivity contribution < 1.29 is 0 Å². The average molecular weight is 700 g/mol. The van der Waals surface area contributed by atoms with E-state index in [1.807, 2.05) is 30.3 Å². The molecule has 0 atom stereocenters. The Morgan fingerprint density at radius 3 is 1.51 bits per heavy atom. The smallest absolute Gasteiger partial charge is 0.0992 e. The minimum absolute atomic E-state index is 0.585. The minimum atomic E-state index is 0.585. The number of nitriles is 2. The first kappa shape index (κ1) is 30.7. The fraction of sp³-hybridized carbons (Fsp3) is 0. The van der Waals surface area contributed by atoms with Crippen molar-refractivity contribution in [2.24, 2.45) is 0 Å². The van der Waals surface area contributed by atoms with Gasteiger partial charge in [0.1, 0.15) is 0 Å². The Balaban J connectivity index is 1.22. The van der Waals surface area contributed by atoms with Gasteiger partial charge in [-0.1, -0.05) is 109 Å². The van der Waals surface area contributed by atoms with Crippen LogP contribution in [0.1, 0.15) is 11.1 Å². The SMILES string of the molecule is N#Cc1ccc(-c2cccc(-n3c4ccccc4c4ccc(C#N)cc43)c2)c(-n2c3ccccc3c3cccc(-n4c5ccccc5c5ccccc54)c32)c1. The third-order valence-electron chi connectivity index (χ3n) is 11.1. The van der Waals surface area contributed by atoms with Crippen LogP contribution in [0.5, 0.6) is 0 Å². The molecule has 0 amide bonds. The molecule has 8 aromatic carbocycles. The predicted molar refractivity (Wildman–Crippen MR) is 224 cm³/mol. The lowest BCUT2D eigenvalue weighted by molar-refractivity contribution is 1.13. The van der Waals surface area contributed by atoms with Crippen LogP contribution >= 0.6 is 0 Å². The van der Waals surface area contributed by atoms with E-state index in [0.717, 1.165) is 82.8 Å². The number of hydrogen-bond donors (Lipinski definition) is 0. The van der Waals surface area contributed by atoms with Gasteiger partial charge in [0, 0.05) is 43.6 Å². The van der Waals surface area contributed by atoms with Gasteiger partial charge in [-0.2, -0.15) is 10.5 Å². The molecule has 254 valence electrons. The van der Waals surface area contributed by atoms with Crippen LogP contribution in [0.3, 0.4) is 0 Å².